The molecule has 1 aromatic rings. The van der Waals surface area contributed by atoms with E-state index >= 15 is 0 Å². The van der Waals surface area contributed by atoms with Crippen molar-refractivity contribution in [3.63, 3.8) is 0 Å². The van der Waals surface area contributed by atoms with Gasteiger partial charge in [0.15, 0.2) is 5.96 Å². The maximum absolute atomic E-state index is 12.0. The smallest absolute Gasteiger partial charge is 0.254 e. The quantitative estimate of drug-likeness (QED) is 0.719. The van der Waals surface area contributed by atoms with E-state index < -0.39 is 6.04 Å². The van der Waals surface area contributed by atoms with Crippen LogP contribution in [0, 0.1) is 0 Å². The minimum atomic E-state index is -0.412. The van der Waals surface area contributed by atoms with Crippen LogP contribution in [-0.4, -0.2) is 41.9 Å². The summed E-state index contributed by atoms with van der Waals surface area (Å²) in [6.07, 6.45) is 2.66. The van der Waals surface area contributed by atoms with E-state index in [-0.39, 0.29) is 5.91 Å². The van der Waals surface area contributed by atoms with Crippen molar-refractivity contribution in [1.82, 2.24) is 20.4 Å². The average Bonchev–Trinajstić information content (AvgIpc) is 2.92. The van der Waals surface area contributed by atoms with Gasteiger partial charge in [-0.15, -0.1) is 0 Å². The van der Waals surface area contributed by atoms with Gasteiger partial charge in [0.05, 0.1) is 18.8 Å². The molecule has 1 amide bonds. The van der Waals surface area contributed by atoms with Gasteiger partial charge >= 0.3 is 0 Å². The van der Waals surface area contributed by atoms with Gasteiger partial charge in [-0.05, 0) is 6.42 Å². The fraction of sp³-hybridized carbons (Fsp3) is 0.583. The molecule has 2 heterocycles. The number of guanidine groups is 1. The third kappa shape index (κ3) is 2.93. The van der Waals surface area contributed by atoms with E-state index in [9.17, 15) is 4.79 Å². The molecule has 0 aliphatic carbocycles. The summed E-state index contributed by atoms with van der Waals surface area (Å²) in [5.74, 6) is 0.400. The number of methoxy groups -OCH3 is 1. The fourth-order valence-corrected chi connectivity index (χ4v) is 2.05. The lowest BCUT2D eigenvalue weighted by atomic mass is 10.1. The Balaban J connectivity index is 2.13. The van der Waals surface area contributed by atoms with Gasteiger partial charge in [-0.1, -0.05) is 6.92 Å². The topological polar surface area (TPSA) is 80.5 Å². The Morgan fingerprint density at radius 2 is 2.37 bits per heavy atom. The predicted molar refractivity (Wildman–Crippen MR) is 70.8 cm³/mol. The molecule has 7 nitrogen and oxygen atoms in total. The molecule has 104 valence electrons. The largest absolute Gasteiger partial charge is 0.383 e. The van der Waals surface area contributed by atoms with E-state index in [1.807, 2.05) is 20.2 Å². The Labute approximate surface area is 112 Å². The molecule has 1 unspecified atom stereocenters. The van der Waals surface area contributed by atoms with E-state index in [1.54, 1.807) is 11.8 Å². The molecule has 2 rings (SSSR count). The molecule has 0 spiro atoms. The first-order valence-corrected chi connectivity index (χ1v) is 6.29. The monoisotopic (exact) mass is 265 g/mol. The molecular formula is C12H19N5O2. The number of nitrogens with one attached hydrogen (secondary N) is 2. The maximum Gasteiger partial charge on any atom is 0.254 e. The second-order valence-electron chi connectivity index (χ2n) is 4.35. The van der Waals surface area contributed by atoms with Crippen LogP contribution in [0.2, 0.25) is 0 Å². The first-order chi connectivity index (χ1) is 9.15. The Kier molecular flexibility index (Phi) is 4.16. The number of aryl methyl sites for hydroxylation is 2. The number of nitrogens with zero attached hydrogens (tertiary/aromatic N) is 3. The Hall–Kier alpha value is -1.89. The van der Waals surface area contributed by atoms with E-state index in [0.29, 0.717) is 19.1 Å². The van der Waals surface area contributed by atoms with Crippen molar-refractivity contribution in [3.8, 4) is 0 Å². The third-order valence-electron chi connectivity index (χ3n) is 2.93. The second-order valence-corrected chi connectivity index (χ2v) is 4.35. The van der Waals surface area contributed by atoms with Gasteiger partial charge in [0, 0.05) is 25.9 Å². The average molecular weight is 265 g/mol. The summed E-state index contributed by atoms with van der Waals surface area (Å²) >= 11 is 0. The zero-order chi connectivity index (χ0) is 13.8. The number of carbonyl (C=O) groups excluding carboxylic acids is 1. The van der Waals surface area contributed by atoms with E-state index in [4.69, 9.17) is 4.74 Å². The van der Waals surface area contributed by atoms with Crippen LogP contribution in [0.4, 0.5) is 0 Å². The lowest BCUT2D eigenvalue weighted by Crippen LogP contribution is -2.26. The van der Waals surface area contributed by atoms with Crippen LogP contribution in [0.5, 0.6) is 0 Å². The number of amides is 1. The van der Waals surface area contributed by atoms with Crippen LogP contribution < -0.4 is 10.6 Å². The lowest BCUT2D eigenvalue weighted by Gasteiger charge is -2.06. The molecule has 1 aliphatic heterocycles. The van der Waals surface area contributed by atoms with E-state index in [2.05, 4.69) is 20.7 Å². The molecular weight excluding hydrogens is 246 g/mol. The Morgan fingerprint density at radius 3 is 3.05 bits per heavy atom. The highest BCUT2D eigenvalue weighted by Crippen LogP contribution is 2.20. The zero-order valence-corrected chi connectivity index (χ0v) is 11.4. The molecule has 0 aromatic carbocycles. The molecule has 0 bridgehead atoms. The number of aliphatic imine (C=N–C) groups is 1. The standard InChI is InChI=1S/C12H19N5O2/c1-4-9-8(7-17(2)16-9)10-11(18)15-12(14-10)13-5-6-19-3/h7,10H,4-6H2,1-3H3,(H2,13,14,15,18). The summed E-state index contributed by atoms with van der Waals surface area (Å²) in [6, 6.07) is -0.412. The summed E-state index contributed by atoms with van der Waals surface area (Å²) in [4.78, 5) is 16.2. The summed E-state index contributed by atoms with van der Waals surface area (Å²) < 4.78 is 6.64. The van der Waals surface area contributed by atoms with Crippen molar-refractivity contribution in [1.29, 1.82) is 0 Å². The minimum Gasteiger partial charge on any atom is -0.383 e. The zero-order valence-electron chi connectivity index (χ0n) is 11.4. The van der Waals surface area contributed by atoms with Crippen molar-refractivity contribution in [2.24, 2.45) is 12.0 Å². The summed E-state index contributed by atoms with van der Waals surface area (Å²) in [6.45, 7) is 3.06. The van der Waals surface area contributed by atoms with Crippen molar-refractivity contribution in [3.05, 3.63) is 17.5 Å². The van der Waals surface area contributed by atoms with Gasteiger partial charge in [0.2, 0.25) is 0 Å². The van der Waals surface area contributed by atoms with Crippen LogP contribution in [0.3, 0.4) is 0 Å². The van der Waals surface area contributed by atoms with Crippen molar-refractivity contribution < 1.29 is 9.53 Å². The minimum absolute atomic E-state index is 0.0983. The Bertz CT molecular complexity index is 494. The molecule has 1 aromatic heterocycles. The van der Waals surface area contributed by atoms with E-state index in [1.165, 1.54) is 0 Å². The highest BCUT2D eigenvalue weighted by Gasteiger charge is 2.32. The SMILES string of the molecule is CCc1nn(C)cc1C1NC(=NCCOC)NC1=O. The first kappa shape index (κ1) is 13.5. The van der Waals surface area contributed by atoms with Crippen LogP contribution in [0.25, 0.3) is 0 Å². The van der Waals surface area contributed by atoms with Crippen molar-refractivity contribution >= 4 is 11.9 Å². The van der Waals surface area contributed by atoms with Gasteiger partial charge in [-0.3, -0.25) is 19.8 Å². The first-order valence-electron chi connectivity index (χ1n) is 6.29. The van der Waals surface area contributed by atoms with Crippen LogP contribution in [-0.2, 0) is 23.0 Å². The summed E-state index contributed by atoms with van der Waals surface area (Å²) in [7, 11) is 3.47. The number of hydrogen-bond donors (Lipinski definition) is 2. The predicted octanol–water partition coefficient (Wildman–Crippen LogP) is -0.255. The van der Waals surface area contributed by atoms with Crippen LogP contribution in [0.1, 0.15) is 24.2 Å². The fourth-order valence-electron chi connectivity index (χ4n) is 2.05. The van der Waals surface area contributed by atoms with Gasteiger partial charge in [-0.25, -0.2) is 0 Å². The van der Waals surface area contributed by atoms with Gasteiger partial charge in [0.25, 0.3) is 5.91 Å². The van der Waals surface area contributed by atoms with Crippen LogP contribution >= 0.6 is 0 Å². The molecule has 19 heavy (non-hydrogen) atoms. The second kappa shape index (κ2) is 5.83. The summed E-state index contributed by atoms with van der Waals surface area (Å²) in [5, 5.41) is 10.2. The molecule has 0 radical (unpaired) electrons. The summed E-state index contributed by atoms with van der Waals surface area (Å²) in [5.41, 5.74) is 1.83. The number of rotatable bonds is 5. The molecule has 0 saturated carbocycles. The van der Waals surface area contributed by atoms with Crippen LogP contribution in [0.15, 0.2) is 11.2 Å². The molecule has 1 saturated heterocycles. The maximum atomic E-state index is 12.0. The number of carbonyl (C=O) groups is 1. The highest BCUT2D eigenvalue weighted by atomic mass is 16.5. The normalized spacial score (nSPS) is 20.7. The highest BCUT2D eigenvalue weighted by molar-refractivity contribution is 6.06. The molecule has 1 aliphatic rings. The van der Waals surface area contributed by atoms with Crippen molar-refractivity contribution in [2.75, 3.05) is 20.3 Å². The molecule has 7 heteroatoms. The van der Waals surface area contributed by atoms with E-state index in [0.717, 1.165) is 17.7 Å². The number of ether oxygens (including phenoxy) is 1. The molecule has 2 N–H and O–H groups in total. The molecule has 1 atom stereocenters. The molecule has 1 fully saturated rings. The van der Waals surface area contributed by atoms with Gasteiger partial charge in [-0.2, -0.15) is 5.10 Å². The number of aromatic nitrogens is 2. The van der Waals surface area contributed by atoms with Gasteiger partial charge < -0.3 is 10.1 Å². The third-order valence-corrected chi connectivity index (χ3v) is 2.93. The van der Waals surface area contributed by atoms with Crippen molar-refractivity contribution in [2.45, 2.75) is 19.4 Å². The Morgan fingerprint density at radius 1 is 1.58 bits per heavy atom. The number of hydrogen-bond acceptors (Lipinski definition) is 4. The van der Waals surface area contributed by atoms with Gasteiger partial charge in [0.1, 0.15) is 6.04 Å². The lowest BCUT2D eigenvalue weighted by molar-refractivity contribution is -0.120.